The number of anilines is 1. The molecule has 3 aromatic rings. The molecule has 4 rings (SSSR count). The second-order valence-corrected chi connectivity index (χ2v) is 8.68. The Morgan fingerprint density at radius 2 is 1.68 bits per heavy atom. The topological polar surface area (TPSA) is 87.9 Å². The summed E-state index contributed by atoms with van der Waals surface area (Å²) in [5.41, 5.74) is 5.26. The molecule has 7 heteroatoms. The summed E-state index contributed by atoms with van der Waals surface area (Å²) < 4.78 is 0. The Labute approximate surface area is 199 Å². The van der Waals surface area contributed by atoms with Gasteiger partial charge in [-0.15, -0.1) is 5.10 Å². The zero-order chi connectivity index (χ0) is 24.4. The van der Waals surface area contributed by atoms with E-state index in [9.17, 15) is 9.90 Å². The van der Waals surface area contributed by atoms with Gasteiger partial charge < -0.3 is 9.94 Å². The Morgan fingerprint density at radius 3 is 2.24 bits per heavy atom. The lowest BCUT2D eigenvalue weighted by Crippen LogP contribution is -2.32. The summed E-state index contributed by atoms with van der Waals surface area (Å²) in [5, 5.41) is 23.7. The van der Waals surface area contributed by atoms with Crippen LogP contribution in [-0.2, 0) is 9.63 Å². The number of carbonyl (C=O) groups excluding carboxylic acids is 1. The van der Waals surface area contributed by atoms with Crippen LogP contribution in [0, 0.1) is 13.8 Å². The minimum Gasteiger partial charge on any atom is -0.503 e. The summed E-state index contributed by atoms with van der Waals surface area (Å²) in [5.74, 6) is -0.255. The maximum Gasteiger partial charge on any atom is 0.295 e. The van der Waals surface area contributed by atoms with E-state index in [0.717, 1.165) is 22.4 Å². The number of carbonyl (C=O) groups is 1. The van der Waals surface area contributed by atoms with Crippen molar-refractivity contribution in [3.63, 3.8) is 0 Å². The van der Waals surface area contributed by atoms with Gasteiger partial charge in [-0.1, -0.05) is 73.1 Å². The largest absolute Gasteiger partial charge is 0.503 e. The van der Waals surface area contributed by atoms with Crippen molar-refractivity contribution >= 4 is 17.4 Å². The summed E-state index contributed by atoms with van der Waals surface area (Å²) in [6, 6.07) is 18.6. The van der Waals surface area contributed by atoms with Gasteiger partial charge >= 0.3 is 0 Å². The molecule has 0 saturated heterocycles. The summed E-state index contributed by atoms with van der Waals surface area (Å²) in [7, 11) is 1.44. The smallest absolute Gasteiger partial charge is 0.295 e. The lowest BCUT2D eigenvalue weighted by Gasteiger charge is -2.26. The molecule has 1 aliphatic heterocycles. The quantitative estimate of drug-likeness (QED) is 0.408. The Hall–Kier alpha value is -4.00. The first kappa shape index (κ1) is 23.2. The van der Waals surface area contributed by atoms with Crippen molar-refractivity contribution in [3.8, 4) is 0 Å². The zero-order valence-corrected chi connectivity index (χ0v) is 20.0. The summed E-state index contributed by atoms with van der Waals surface area (Å²) in [4.78, 5) is 20.0. The first-order valence-corrected chi connectivity index (χ1v) is 11.2. The van der Waals surface area contributed by atoms with E-state index < -0.39 is 17.7 Å². The van der Waals surface area contributed by atoms with Crippen molar-refractivity contribution in [2.75, 3.05) is 12.0 Å². The van der Waals surface area contributed by atoms with Gasteiger partial charge in [-0.3, -0.25) is 9.69 Å². The monoisotopic (exact) mass is 456 g/mol. The Morgan fingerprint density at radius 1 is 1.00 bits per heavy atom. The average Bonchev–Trinajstić information content (AvgIpc) is 3.09. The number of aliphatic hydroxyl groups is 1. The van der Waals surface area contributed by atoms with Crippen molar-refractivity contribution in [1.29, 1.82) is 0 Å². The maximum absolute atomic E-state index is 13.4. The van der Waals surface area contributed by atoms with Crippen molar-refractivity contribution in [2.24, 2.45) is 5.16 Å². The van der Waals surface area contributed by atoms with Gasteiger partial charge in [0.1, 0.15) is 12.8 Å². The number of hydrogen-bond acceptors (Lipinski definition) is 6. The number of benzene rings is 2. The van der Waals surface area contributed by atoms with Crippen LogP contribution in [0.15, 0.2) is 77.2 Å². The van der Waals surface area contributed by atoms with E-state index in [-0.39, 0.29) is 0 Å². The van der Waals surface area contributed by atoms with E-state index in [2.05, 4.69) is 29.2 Å². The van der Waals surface area contributed by atoms with Crippen LogP contribution < -0.4 is 4.90 Å². The SMILES string of the molecule is CON=C(C1=C(O)C(=O)N(c2ccc(C)nn2)C1c1ccc(C(C)C)cc1)c1ccc(C)cc1. The number of oxime groups is 1. The number of nitrogens with zero attached hydrogens (tertiary/aromatic N) is 4. The number of amides is 1. The van der Waals surface area contributed by atoms with Crippen LogP contribution in [0.3, 0.4) is 0 Å². The normalized spacial score (nSPS) is 16.5. The molecule has 2 heterocycles. The lowest BCUT2D eigenvalue weighted by atomic mass is 9.90. The van der Waals surface area contributed by atoms with Gasteiger partial charge in [0.05, 0.1) is 17.3 Å². The molecular weight excluding hydrogens is 428 g/mol. The minimum absolute atomic E-state index is 0.343. The molecule has 0 spiro atoms. The highest BCUT2D eigenvalue weighted by atomic mass is 16.6. The fourth-order valence-electron chi connectivity index (χ4n) is 4.04. The predicted molar refractivity (Wildman–Crippen MR) is 132 cm³/mol. The van der Waals surface area contributed by atoms with Crippen LogP contribution in [0.4, 0.5) is 5.82 Å². The van der Waals surface area contributed by atoms with E-state index in [1.54, 1.807) is 12.1 Å². The van der Waals surface area contributed by atoms with Gasteiger partial charge in [0.2, 0.25) is 0 Å². The first-order chi connectivity index (χ1) is 16.3. The molecule has 1 unspecified atom stereocenters. The van der Waals surface area contributed by atoms with Crippen LogP contribution in [0.1, 0.15) is 53.8 Å². The van der Waals surface area contributed by atoms with Crippen LogP contribution in [0.2, 0.25) is 0 Å². The number of aryl methyl sites for hydroxylation is 2. The Bertz CT molecular complexity index is 1240. The Balaban J connectivity index is 1.91. The molecule has 1 N–H and O–H groups in total. The molecule has 1 aliphatic rings. The standard InChI is InChI=1S/C27H28N4O3/c1-16(2)19-11-13-21(14-12-19)25-23(24(30-34-5)20-9-6-17(3)7-10-20)26(32)27(33)31(25)22-15-8-18(4)28-29-22/h6-16,25,32H,1-5H3. The molecule has 1 atom stereocenters. The average molecular weight is 457 g/mol. The number of aliphatic hydroxyl groups excluding tert-OH is 1. The third-order valence-corrected chi connectivity index (χ3v) is 5.92. The van der Waals surface area contributed by atoms with E-state index in [1.807, 2.05) is 62.4 Å². The van der Waals surface area contributed by atoms with Gasteiger partial charge in [0.15, 0.2) is 11.6 Å². The van der Waals surface area contributed by atoms with Crippen molar-refractivity contribution in [3.05, 3.63) is 99.9 Å². The third-order valence-electron chi connectivity index (χ3n) is 5.92. The van der Waals surface area contributed by atoms with Crippen LogP contribution in [0.25, 0.3) is 0 Å². The predicted octanol–water partition coefficient (Wildman–Crippen LogP) is 5.17. The fraction of sp³-hybridized carbons (Fsp3) is 0.259. The summed E-state index contributed by atoms with van der Waals surface area (Å²) in [6.07, 6.45) is 0. The van der Waals surface area contributed by atoms with Crippen molar-refractivity contribution in [2.45, 2.75) is 39.7 Å². The van der Waals surface area contributed by atoms with Crippen molar-refractivity contribution < 1.29 is 14.7 Å². The maximum atomic E-state index is 13.4. The molecule has 0 fully saturated rings. The van der Waals surface area contributed by atoms with E-state index >= 15 is 0 Å². The van der Waals surface area contributed by atoms with Crippen LogP contribution in [0.5, 0.6) is 0 Å². The van der Waals surface area contributed by atoms with Crippen LogP contribution >= 0.6 is 0 Å². The molecule has 2 aromatic carbocycles. The second-order valence-electron chi connectivity index (χ2n) is 8.68. The molecule has 1 amide bonds. The summed E-state index contributed by atoms with van der Waals surface area (Å²) >= 11 is 0. The molecule has 1 aromatic heterocycles. The van der Waals surface area contributed by atoms with Gasteiger partial charge in [0, 0.05) is 5.56 Å². The van der Waals surface area contributed by atoms with Gasteiger partial charge in [0.25, 0.3) is 5.91 Å². The van der Waals surface area contributed by atoms with Crippen molar-refractivity contribution in [1.82, 2.24) is 10.2 Å². The molecule has 0 bridgehead atoms. The van der Waals surface area contributed by atoms with E-state index in [1.165, 1.54) is 17.6 Å². The highest BCUT2D eigenvalue weighted by Crippen LogP contribution is 2.41. The number of aromatic nitrogens is 2. The minimum atomic E-state index is -0.666. The highest BCUT2D eigenvalue weighted by molar-refractivity contribution is 6.22. The first-order valence-electron chi connectivity index (χ1n) is 11.2. The zero-order valence-electron chi connectivity index (χ0n) is 20.0. The second kappa shape index (κ2) is 9.47. The molecule has 0 aliphatic carbocycles. The van der Waals surface area contributed by atoms with Crippen LogP contribution in [-0.4, -0.2) is 34.0 Å². The molecule has 0 saturated carbocycles. The van der Waals surface area contributed by atoms with E-state index in [0.29, 0.717) is 23.0 Å². The highest BCUT2D eigenvalue weighted by Gasteiger charge is 2.44. The molecule has 7 nitrogen and oxygen atoms in total. The fourth-order valence-corrected chi connectivity index (χ4v) is 4.04. The summed E-state index contributed by atoms with van der Waals surface area (Å²) in [6.45, 7) is 8.07. The number of rotatable bonds is 6. The van der Waals surface area contributed by atoms with Gasteiger partial charge in [-0.25, -0.2) is 0 Å². The van der Waals surface area contributed by atoms with Gasteiger partial charge in [-0.05, 0) is 43.0 Å². The van der Waals surface area contributed by atoms with E-state index in [4.69, 9.17) is 4.84 Å². The van der Waals surface area contributed by atoms with Gasteiger partial charge in [-0.2, -0.15) is 5.10 Å². The molecule has 34 heavy (non-hydrogen) atoms. The number of hydrogen-bond donors (Lipinski definition) is 1. The third kappa shape index (κ3) is 4.29. The molecular formula is C27H28N4O3. The lowest BCUT2D eigenvalue weighted by molar-refractivity contribution is -0.117. The molecule has 0 radical (unpaired) electrons. The Kier molecular flexibility index (Phi) is 6.45. The molecule has 174 valence electrons.